The lowest BCUT2D eigenvalue weighted by molar-refractivity contribution is -0.144. The van der Waals surface area contributed by atoms with E-state index in [1.54, 1.807) is 0 Å². The summed E-state index contributed by atoms with van der Waals surface area (Å²) >= 11 is 0. The number of rotatable bonds is 2. The molecule has 0 spiro atoms. The Morgan fingerprint density at radius 3 is 2.80 bits per heavy atom. The highest BCUT2D eigenvalue weighted by Gasteiger charge is 2.41. The predicted molar refractivity (Wildman–Crippen MR) is 58.3 cm³/mol. The highest BCUT2D eigenvalue weighted by Crippen LogP contribution is 2.43. The van der Waals surface area contributed by atoms with E-state index in [1.807, 2.05) is 13.8 Å². The molecule has 0 radical (unpaired) electrons. The largest absolute Gasteiger partial charge is 0.465 e. The van der Waals surface area contributed by atoms with Crippen molar-refractivity contribution in [1.29, 1.82) is 0 Å². The van der Waals surface area contributed by atoms with Crippen molar-refractivity contribution in [1.82, 2.24) is 0 Å². The van der Waals surface area contributed by atoms with E-state index in [0.29, 0.717) is 6.61 Å². The molecule has 0 aromatic rings. The Morgan fingerprint density at radius 2 is 2.27 bits per heavy atom. The van der Waals surface area contributed by atoms with Crippen molar-refractivity contribution >= 4 is 5.97 Å². The van der Waals surface area contributed by atoms with Gasteiger partial charge in [0.15, 0.2) is 0 Å². The van der Waals surface area contributed by atoms with Crippen LogP contribution in [0.5, 0.6) is 0 Å². The fourth-order valence-electron chi connectivity index (χ4n) is 2.16. The minimum Gasteiger partial charge on any atom is -0.465 e. The molecule has 2 unspecified atom stereocenters. The van der Waals surface area contributed by atoms with E-state index in [9.17, 15) is 9.90 Å². The van der Waals surface area contributed by atoms with Gasteiger partial charge in [-0.3, -0.25) is 4.79 Å². The maximum atomic E-state index is 10.8. The van der Waals surface area contributed by atoms with E-state index in [2.05, 4.69) is 6.58 Å². The molecule has 2 atom stereocenters. The molecule has 0 saturated heterocycles. The normalized spacial score (nSPS) is 30.0. The quantitative estimate of drug-likeness (QED) is 0.561. The molecule has 1 saturated carbocycles. The van der Waals surface area contributed by atoms with Gasteiger partial charge in [-0.1, -0.05) is 26.0 Å². The summed E-state index contributed by atoms with van der Waals surface area (Å²) in [7, 11) is 0. The van der Waals surface area contributed by atoms with E-state index in [-0.39, 0.29) is 23.4 Å². The SMILES string of the molecule is C=C1CCC(O)C(C)(C)C1COC(C)=O. The van der Waals surface area contributed by atoms with Crippen molar-refractivity contribution < 1.29 is 14.6 Å². The van der Waals surface area contributed by atoms with Crippen molar-refractivity contribution in [3.63, 3.8) is 0 Å². The van der Waals surface area contributed by atoms with E-state index in [0.717, 1.165) is 18.4 Å². The van der Waals surface area contributed by atoms with E-state index in [1.165, 1.54) is 6.92 Å². The Kier molecular flexibility index (Phi) is 3.55. The molecule has 0 aliphatic heterocycles. The molecule has 1 aliphatic rings. The molecule has 86 valence electrons. The molecule has 1 fully saturated rings. The molecule has 1 aliphatic carbocycles. The number of carbonyl (C=O) groups is 1. The highest BCUT2D eigenvalue weighted by atomic mass is 16.5. The Morgan fingerprint density at radius 1 is 1.67 bits per heavy atom. The maximum Gasteiger partial charge on any atom is 0.302 e. The van der Waals surface area contributed by atoms with Gasteiger partial charge in [-0.05, 0) is 12.8 Å². The second-order valence-electron chi connectivity index (χ2n) is 4.89. The van der Waals surface area contributed by atoms with Gasteiger partial charge in [-0.15, -0.1) is 0 Å². The molecule has 1 N–H and O–H groups in total. The molecular formula is C12H20O3. The van der Waals surface area contributed by atoms with Gasteiger partial charge in [0, 0.05) is 18.3 Å². The van der Waals surface area contributed by atoms with Crippen LogP contribution in [0.1, 0.15) is 33.6 Å². The third-order valence-electron chi connectivity index (χ3n) is 3.44. The smallest absolute Gasteiger partial charge is 0.302 e. The van der Waals surface area contributed by atoms with Crippen molar-refractivity contribution in [2.24, 2.45) is 11.3 Å². The summed E-state index contributed by atoms with van der Waals surface area (Å²) in [6.45, 7) is 9.72. The molecule has 0 aromatic carbocycles. The van der Waals surface area contributed by atoms with Gasteiger partial charge in [0.2, 0.25) is 0 Å². The molecule has 3 nitrogen and oxygen atoms in total. The zero-order valence-corrected chi connectivity index (χ0v) is 9.75. The zero-order valence-electron chi connectivity index (χ0n) is 9.75. The zero-order chi connectivity index (χ0) is 11.6. The predicted octanol–water partition coefficient (Wildman–Crippen LogP) is 1.90. The topological polar surface area (TPSA) is 46.5 Å². The minimum absolute atomic E-state index is 0.0603. The lowest BCUT2D eigenvalue weighted by Gasteiger charge is -2.43. The summed E-state index contributed by atoms with van der Waals surface area (Å²) in [6.07, 6.45) is 1.22. The van der Waals surface area contributed by atoms with Crippen molar-refractivity contribution in [3.8, 4) is 0 Å². The van der Waals surface area contributed by atoms with Crippen LogP contribution in [0.15, 0.2) is 12.2 Å². The molecule has 0 amide bonds. The van der Waals surface area contributed by atoms with Gasteiger partial charge in [-0.25, -0.2) is 0 Å². The lowest BCUT2D eigenvalue weighted by atomic mass is 9.65. The molecule has 0 aromatic heterocycles. The van der Waals surface area contributed by atoms with Crippen LogP contribution in [0, 0.1) is 11.3 Å². The molecular weight excluding hydrogens is 192 g/mol. The second kappa shape index (κ2) is 4.35. The number of ether oxygens (including phenoxy) is 1. The van der Waals surface area contributed by atoms with Gasteiger partial charge in [0.25, 0.3) is 0 Å². The number of hydrogen-bond donors (Lipinski definition) is 1. The molecule has 0 heterocycles. The first-order chi connectivity index (χ1) is 6.85. The Labute approximate surface area is 91.1 Å². The first-order valence-electron chi connectivity index (χ1n) is 5.34. The highest BCUT2D eigenvalue weighted by molar-refractivity contribution is 5.65. The number of aliphatic hydroxyl groups is 1. The molecule has 0 bridgehead atoms. The Hall–Kier alpha value is -0.830. The minimum atomic E-state index is -0.344. The first kappa shape index (κ1) is 12.2. The fourth-order valence-corrected chi connectivity index (χ4v) is 2.16. The van der Waals surface area contributed by atoms with E-state index >= 15 is 0 Å². The summed E-state index contributed by atoms with van der Waals surface area (Å²) in [5, 5.41) is 9.91. The standard InChI is InChI=1S/C12H20O3/c1-8-5-6-11(14)12(3,4)10(8)7-15-9(2)13/h10-11,14H,1,5-7H2,2-4H3. The van der Waals surface area contributed by atoms with Crippen molar-refractivity contribution in [3.05, 3.63) is 12.2 Å². The van der Waals surface area contributed by atoms with Crippen LogP contribution >= 0.6 is 0 Å². The maximum absolute atomic E-state index is 10.8. The number of hydrogen-bond acceptors (Lipinski definition) is 3. The van der Waals surface area contributed by atoms with Crippen LogP contribution in [0.2, 0.25) is 0 Å². The Balaban J connectivity index is 2.72. The van der Waals surface area contributed by atoms with Crippen LogP contribution < -0.4 is 0 Å². The van der Waals surface area contributed by atoms with E-state index < -0.39 is 0 Å². The van der Waals surface area contributed by atoms with Crippen LogP contribution in [-0.4, -0.2) is 23.8 Å². The summed E-state index contributed by atoms with van der Waals surface area (Å²) in [5.74, 6) is -0.219. The third kappa shape index (κ3) is 2.59. The van der Waals surface area contributed by atoms with Crippen molar-refractivity contribution in [2.45, 2.75) is 39.7 Å². The fraction of sp³-hybridized carbons (Fsp3) is 0.750. The molecule has 15 heavy (non-hydrogen) atoms. The summed E-state index contributed by atoms with van der Waals surface area (Å²) in [5.41, 5.74) is 0.816. The number of aliphatic hydroxyl groups excluding tert-OH is 1. The Bertz CT molecular complexity index is 268. The van der Waals surface area contributed by atoms with Gasteiger partial charge >= 0.3 is 5.97 Å². The molecule has 1 rings (SSSR count). The first-order valence-corrected chi connectivity index (χ1v) is 5.34. The van der Waals surface area contributed by atoms with Crippen LogP contribution in [0.4, 0.5) is 0 Å². The van der Waals surface area contributed by atoms with Gasteiger partial charge in [0.1, 0.15) is 0 Å². The summed E-state index contributed by atoms with van der Waals surface area (Å²) < 4.78 is 5.02. The van der Waals surface area contributed by atoms with Gasteiger partial charge in [0.05, 0.1) is 12.7 Å². The van der Waals surface area contributed by atoms with Crippen molar-refractivity contribution in [2.75, 3.05) is 6.61 Å². The monoisotopic (exact) mass is 212 g/mol. The number of esters is 1. The second-order valence-corrected chi connectivity index (χ2v) is 4.89. The number of carbonyl (C=O) groups excluding carboxylic acids is 1. The van der Waals surface area contributed by atoms with Gasteiger partial charge < -0.3 is 9.84 Å². The summed E-state index contributed by atoms with van der Waals surface area (Å²) in [6, 6.07) is 0. The van der Waals surface area contributed by atoms with Crippen LogP contribution in [-0.2, 0) is 9.53 Å². The lowest BCUT2D eigenvalue weighted by Crippen LogP contribution is -2.43. The third-order valence-corrected chi connectivity index (χ3v) is 3.44. The average Bonchev–Trinajstić information content (AvgIpc) is 2.11. The van der Waals surface area contributed by atoms with Crippen LogP contribution in [0.25, 0.3) is 0 Å². The van der Waals surface area contributed by atoms with E-state index in [4.69, 9.17) is 4.74 Å². The van der Waals surface area contributed by atoms with Crippen LogP contribution in [0.3, 0.4) is 0 Å². The molecule has 3 heteroatoms. The summed E-state index contributed by atoms with van der Waals surface area (Å²) in [4.78, 5) is 10.8. The van der Waals surface area contributed by atoms with Gasteiger partial charge in [-0.2, -0.15) is 0 Å². The average molecular weight is 212 g/mol.